The Morgan fingerprint density at radius 3 is 2.03 bits per heavy atom. The molecule has 30 heavy (non-hydrogen) atoms. The van der Waals surface area contributed by atoms with Crippen LogP contribution >= 0.6 is 0 Å². The number of benzene rings is 1. The summed E-state index contributed by atoms with van der Waals surface area (Å²) in [7, 11) is 0. The van der Waals surface area contributed by atoms with E-state index >= 15 is 0 Å². The molecular weight excluding hydrogens is 376 g/mol. The maximum Gasteiger partial charge on any atom is 0.182 e. The van der Waals surface area contributed by atoms with Gasteiger partial charge in [-0.15, -0.1) is 0 Å². The number of rotatable bonds is 0. The summed E-state index contributed by atoms with van der Waals surface area (Å²) >= 11 is 0. The van der Waals surface area contributed by atoms with Crippen LogP contribution in [0.2, 0.25) is 0 Å². The highest BCUT2D eigenvalue weighted by Gasteiger charge is 2.45. The zero-order valence-electron chi connectivity index (χ0n) is 19.7. The van der Waals surface area contributed by atoms with Gasteiger partial charge in [0.1, 0.15) is 0 Å². The van der Waals surface area contributed by atoms with Crippen LogP contribution in [0.1, 0.15) is 70.1 Å². The zero-order valence-corrected chi connectivity index (χ0v) is 19.7. The van der Waals surface area contributed by atoms with Crippen molar-refractivity contribution in [3.05, 3.63) is 52.6 Å². The predicted octanol–water partition coefficient (Wildman–Crippen LogP) is 5.71. The van der Waals surface area contributed by atoms with Gasteiger partial charge in [-0.2, -0.15) is 0 Å². The van der Waals surface area contributed by atoms with Crippen molar-refractivity contribution in [2.45, 2.75) is 85.8 Å². The third kappa shape index (κ3) is 5.05. The molecule has 0 spiro atoms. The molecule has 1 saturated heterocycles. The molecule has 0 aliphatic carbocycles. The normalized spacial score (nSPS) is 38.9. The molecule has 3 rings (SSSR count). The van der Waals surface area contributed by atoms with Crippen molar-refractivity contribution < 1.29 is 19.3 Å². The number of ether oxygens (including phenoxy) is 3. The maximum absolute atomic E-state index is 10.9. The van der Waals surface area contributed by atoms with Crippen LogP contribution in [0.25, 0.3) is 6.08 Å². The topological polar surface area (TPSA) is 47.9 Å². The van der Waals surface area contributed by atoms with E-state index in [1.807, 2.05) is 27.7 Å². The molecule has 166 valence electrons. The summed E-state index contributed by atoms with van der Waals surface area (Å²) in [6.07, 6.45) is 7.47. The highest BCUT2D eigenvalue weighted by atomic mass is 16.8. The van der Waals surface area contributed by atoms with Crippen LogP contribution in [0.4, 0.5) is 0 Å². The third-order valence-corrected chi connectivity index (χ3v) is 6.39. The molecule has 7 atom stereocenters. The number of aryl methyl sites for hydroxylation is 2. The molecule has 1 aromatic carbocycles. The zero-order chi connectivity index (χ0) is 22.2. The van der Waals surface area contributed by atoms with Gasteiger partial charge in [0, 0.05) is 23.3 Å². The number of aliphatic hydroxyl groups excluding tert-OH is 1. The Morgan fingerprint density at radius 1 is 0.833 bits per heavy atom. The van der Waals surface area contributed by atoms with E-state index in [0.717, 1.165) is 22.3 Å². The monoisotopic (exact) mass is 414 g/mol. The lowest BCUT2D eigenvalue weighted by Crippen LogP contribution is -2.33. The van der Waals surface area contributed by atoms with Gasteiger partial charge in [0.25, 0.3) is 0 Å². The molecule has 1 fully saturated rings. The molecule has 1 N–H and O–H groups in total. The third-order valence-electron chi connectivity index (χ3n) is 6.39. The fourth-order valence-electron chi connectivity index (χ4n) is 4.49. The van der Waals surface area contributed by atoms with Gasteiger partial charge in [-0.1, -0.05) is 62.8 Å². The summed E-state index contributed by atoms with van der Waals surface area (Å²) < 4.78 is 18.7. The van der Waals surface area contributed by atoms with Crippen molar-refractivity contribution in [1.29, 1.82) is 0 Å². The second-order valence-corrected chi connectivity index (χ2v) is 9.66. The van der Waals surface area contributed by atoms with Gasteiger partial charge >= 0.3 is 0 Å². The van der Waals surface area contributed by atoms with Gasteiger partial charge in [0.15, 0.2) is 12.1 Å². The number of hydrogen-bond donors (Lipinski definition) is 1. The Hall–Kier alpha value is -1.46. The van der Waals surface area contributed by atoms with Crippen molar-refractivity contribution in [3.8, 4) is 0 Å². The number of aliphatic hydroxyl groups is 1. The molecule has 4 heteroatoms. The summed E-state index contributed by atoms with van der Waals surface area (Å²) in [5.74, 6) is -0.0943. The predicted molar refractivity (Wildman–Crippen MR) is 121 cm³/mol. The minimum absolute atomic E-state index is 0.0217. The summed E-state index contributed by atoms with van der Waals surface area (Å²) in [4.78, 5) is 0. The smallest absolute Gasteiger partial charge is 0.182 e. The van der Waals surface area contributed by atoms with Gasteiger partial charge in [-0.3, -0.25) is 0 Å². The van der Waals surface area contributed by atoms with E-state index in [-0.39, 0.29) is 36.1 Å². The summed E-state index contributed by atoms with van der Waals surface area (Å²) in [6, 6.07) is 4.20. The Bertz CT molecular complexity index is 809. The average Bonchev–Trinajstić information content (AvgIpc) is 2.98. The lowest BCUT2D eigenvalue weighted by Gasteiger charge is -2.27. The van der Waals surface area contributed by atoms with Crippen LogP contribution in [0.3, 0.4) is 0 Å². The van der Waals surface area contributed by atoms with Crippen molar-refractivity contribution in [2.75, 3.05) is 0 Å². The minimum Gasteiger partial charge on any atom is -0.364 e. The summed E-state index contributed by atoms with van der Waals surface area (Å²) in [6.45, 7) is 16.5. The molecule has 0 saturated carbocycles. The summed E-state index contributed by atoms with van der Waals surface area (Å²) in [5.41, 5.74) is 4.01. The Kier molecular flexibility index (Phi) is 6.93. The fourth-order valence-corrected chi connectivity index (χ4v) is 4.49. The van der Waals surface area contributed by atoms with Gasteiger partial charge in [0.05, 0.1) is 18.3 Å². The van der Waals surface area contributed by atoms with Crippen molar-refractivity contribution in [3.63, 3.8) is 0 Å². The van der Waals surface area contributed by atoms with Gasteiger partial charge in [-0.05, 0) is 45.7 Å². The van der Waals surface area contributed by atoms with Crippen molar-refractivity contribution in [1.82, 2.24) is 0 Å². The standard InChI is InChI=1S/C26H38O4/c1-15-13-19(5)22-21(14-15)12-11-18(4)24-23(29-26(7,8)30-24)17(3)10-9-16(2)20(6)28-25(22)27/h9-14,16-18,20,23-25,27H,1-8H3/b10-9-,12-11+/t16-,17?,18?,20+,23?,24?,25?/m1/s1. The van der Waals surface area contributed by atoms with Crippen LogP contribution in [-0.2, 0) is 14.2 Å². The van der Waals surface area contributed by atoms with Crippen LogP contribution in [-0.4, -0.2) is 29.2 Å². The minimum atomic E-state index is -0.968. The second kappa shape index (κ2) is 8.96. The lowest BCUT2D eigenvalue weighted by molar-refractivity contribution is -0.150. The van der Waals surface area contributed by atoms with Crippen LogP contribution in [0.15, 0.2) is 30.4 Å². The molecule has 1 aromatic rings. The molecule has 2 aliphatic rings. The highest BCUT2D eigenvalue weighted by Crippen LogP contribution is 2.38. The van der Waals surface area contributed by atoms with E-state index in [2.05, 4.69) is 64.1 Å². The average molecular weight is 415 g/mol. The SMILES string of the molecule is Cc1cc(C)c2c(c1)/C=C/C(C)C1OC(C)(C)OC1C(C)/C=C\[C@@H](C)[C@H](C)OC2O. The number of fused-ring (bicyclic) bond motifs is 2. The first kappa shape index (κ1) is 23.2. The van der Waals surface area contributed by atoms with E-state index in [0.29, 0.717) is 0 Å². The lowest BCUT2D eigenvalue weighted by atomic mass is 9.89. The molecule has 4 nitrogen and oxygen atoms in total. The van der Waals surface area contributed by atoms with Crippen molar-refractivity contribution >= 4 is 6.08 Å². The van der Waals surface area contributed by atoms with E-state index in [1.54, 1.807) is 0 Å². The quantitative estimate of drug-likeness (QED) is 0.552. The van der Waals surface area contributed by atoms with E-state index in [1.165, 1.54) is 0 Å². The molecule has 0 bridgehead atoms. The molecule has 2 heterocycles. The molecule has 0 radical (unpaired) electrons. The highest BCUT2D eigenvalue weighted by molar-refractivity contribution is 5.58. The van der Waals surface area contributed by atoms with Crippen LogP contribution in [0, 0.1) is 31.6 Å². The van der Waals surface area contributed by atoms with E-state index in [4.69, 9.17) is 14.2 Å². The Balaban J connectivity index is 2.06. The first-order valence-electron chi connectivity index (χ1n) is 11.2. The molecule has 5 unspecified atom stereocenters. The largest absolute Gasteiger partial charge is 0.364 e. The van der Waals surface area contributed by atoms with E-state index < -0.39 is 12.1 Å². The van der Waals surface area contributed by atoms with Gasteiger partial charge in [-0.25, -0.2) is 0 Å². The first-order chi connectivity index (χ1) is 14.0. The fraction of sp³-hybridized carbons (Fsp3) is 0.615. The second-order valence-electron chi connectivity index (χ2n) is 9.66. The van der Waals surface area contributed by atoms with Crippen LogP contribution < -0.4 is 0 Å². The first-order valence-corrected chi connectivity index (χ1v) is 11.2. The molecule has 2 aliphatic heterocycles. The molecular formula is C26H38O4. The van der Waals surface area contributed by atoms with Crippen molar-refractivity contribution in [2.24, 2.45) is 17.8 Å². The van der Waals surface area contributed by atoms with E-state index in [9.17, 15) is 5.11 Å². The maximum atomic E-state index is 10.9. The van der Waals surface area contributed by atoms with Gasteiger partial charge < -0.3 is 19.3 Å². The number of hydrogen-bond acceptors (Lipinski definition) is 4. The Labute approximate surface area is 181 Å². The molecule has 0 aromatic heterocycles. The Morgan fingerprint density at radius 2 is 1.40 bits per heavy atom. The summed E-state index contributed by atoms with van der Waals surface area (Å²) in [5, 5.41) is 10.9. The van der Waals surface area contributed by atoms with Crippen LogP contribution in [0.5, 0.6) is 0 Å². The van der Waals surface area contributed by atoms with Gasteiger partial charge in [0.2, 0.25) is 0 Å². The molecule has 0 amide bonds.